The highest BCUT2D eigenvalue weighted by Crippen LogP contribution is 2.20. The molecule has 0 aliphatic carbocycles. The second kappa shape index (κ2) is 8.37. The van der Waals surface area contributed by atoms with Crippen LogP contribution in [-0.4, -0.2) is 57.4 Å². The predicted octanol–water partition coefficient (Wildman–Crippen LogP) is 1.94. The molecule has 1 N–H and O–H groups in total. The van der Waals surface area contributed by atoms with Gasteiger partial charge in [-0.1, -0.05) is 18.2 Å². The number of hydrogen-bond donors (Lipinski definition) is 1. The van der Waals surface area contributed by atoms with Gasteiger partial charge in [0.1, 0.15) is 5.75 Å². The van der Waals surface area contributed by atoms with Crippen LogP contribution < -0.4 is 10.1 Å². The van der Waals surface area contributed by atoms with Crippen LogP contribution in [-0.2, 0) is 11.2 Å². The average molecular weight is 292 g/mol. The van der Waals surface area contributed by atoms with Gasteiger partial charge in [0.2, 0.25) is 0 Å². The molecular weight excluding hydrogens is 264 g/mol. The van der Waals surface area contributed by atoms with Crippen LogP contribution in [0.2, 0.25) is 0 Å². The molecule has 0 saturated carbocycles. The third-order valence-electron chi connectivity index (χ3n) is 4.29. The van der Waals surface area contributed by atoms with Crippen molar-refractivity contribution in [3.63, 3.8) is 0 Å². The molecule has 21 heavy (non-hydrogen) atoms. The number of morpholine rings is 1. The van der Waals surface area contributed by atoms with Crippen molar-refractivity contribution in [3.8, 4) is 5.75 Å². The van der Waals surface area contributed by atoms with Gasteiger partial charge in [-0.05, 0) is 45.0 Å². The molecule has 1 aromatic carbocycles. The molecular formula is C17H28N2O2. The highest BCUT2D eigenvalue weighted by Gasteiger charge is 2.16. The van der Waals surface area contributed by atoms with E-state index in [-0.39, 0.29) is 0 Å². The summed E-state index contributed by atoms with van der Waals surface area (Å²) in [4.78, 5) is 2.42. The van der Waals surface area contributed by atoms with E-state index in [1.54, 1.807) is 7.11 Å². The van der Waals surface area contributed by atoms with Gasteiger partial charge in [-0.15, -0.1) is 0 Å². The summed E-state index contributed by atoms with van der Waals surface area (Å²) >= 11 is 0. The first kappa shape index (κ1) is 16.3. The molecule has 0 radical (unpaired) electrons. The van der Waals surface area contributed by atoms with Crippen LogP contribution in [0.25, 0.3) is 0 Å². The van der Waals surface area contributed by atoms with Gasteiger partial charge in [-0.2, -0.15) is 0 Å². The van der Waals surface area contributed by atoms with E-state index >= 15 is 0 Å². The van der Waals surface area contributed by atoms with E-state index in [1.165, 1.54) is 5.56 Å². The van der Waals surface area contributed by atoms with E-state index in [9.17, 15) is 0 Å². The first-order chi connectivity index (χ1) is 10.2. The molecule has 4 heteroatoms. The Hall–Kier alpha value is -1.10. The van der Waals surface area contributed by atoms with Crippen LogP contribution >= 0.6 is 0 Å². The zero-order valence-corrected chi connectivity index (χ0v) is 13.5. The quantitative estimate of drug-likeness (QED) is 0.833. The lowest BCUT2D eigenvalue weighted by Crippen LogP contribution is -2.44. The van der Waals surface area contributed by atoms with E-state index in [0.29, 0.717) is 12.1 Å². The Morgan fingerprint density at radius 2 is 2.24 bits per heavy atom. The number of nitrogens with zero attached hydrogens (tertiary/aromatic N) is 1. The smallest absolute Gasteiger partial charge is 0.122 e. The fourth-order valence-electron chi connectivity index (χ4n) is 2.73. The lowest BCUT2D eigenvalue weighted by molar-refractivity contribution is 0.0695. The van der Waals surface area contributed by atoms with Crippen molar-refractivity contribution < 1.29 is 9.47 Å². The maximum Gasteiger partial charge on any atom is 0.122 e. The predicted molar refractivity (Wildman–Crippen MR) is 86.0 cm³/mol. The van der Waals surface area contributed by atoms with Crippen LogP contribution in [0, 0.1) is 0 Å². The highest BCUT2D eigenvalue weighted by atomic mass is 16.5. The van der Waals surface area contributed by atoms with Gasteiger partial charge in [0, 0.05) is 18.6 Å². The van der Waals surface area contributed by atoms with E-state index in [4.69, 9.17) is 9.47 Å². The topological polar surface area (TPSA) is 33.7 Å². The number of methoxy groups -OCH3 is 1. The van der Waals surface area contributed by atoms with Crippen LogP contribution in [0.1, 0.15) is 18.9 Å². The van der Waals surface area contributed by atoms with Crippen molar-refractivity contribution >= 4 is 0 Å². The fraction of sp³-hybridized carbons (Fsp3) is 0.647. The maximum atomic E-state index is 5.50. The third-order valence-corrected chi connectivity index (χ3v) is 4.29. The molecule has 118 valence electrons. The summed E-state index contributed by atoms with van der Waals surface area (Å²) in [6.07, 6.45) is 2.14. The Labute approximate surface area is 128 Å². The van der Waals surface area contributed by atoms with Gasteiger partial charge in [-0.3, -0.25) is 0 Å². The first-order valence-corrected chi connectivity index (χ1v) is 7.84. The van der Waals surface area contributed by atoms with E-state index < -0.39 is 0 Å². The summed E-state index contributed by atoms with van der Waals surface area (Å²) in [7, 11) is 3.94. The van der Waals surface area contributed by atoms with Crippen molar-refractivity contribution in [1.82, 2.24) is 10.2 Å². The molecule has 1 heterocycles. The fourth-order valence-corrected chi connectivity index (χ4v) is 2.73. The van der Waals surface area contributed by atoms with E-state index in [2.05, 4.69) is 36.3 Å². The monoisotopic (exact) mass is 292 g/mol. The Morgan fingerprint density at radius 3 is 2.95 bits per heavy atom. The van der Waals surface area contributed by atoms with Crippen LogP contribution in [0.4, 0.5) is 0 Å². The van der Waals surface area contributed by atoms with Crippen LogP contribution in [0.3, 0.4) is 0 Å². The molecule has 2 atom stereocenters. The maximum absolute atomic E-state index is 5.50. The number of ether oxygens (including phenoxy) is 2. The molecule has 0 spiro atoms. The number of hydrogen-bond acceptors (Lipinski definition) is 4. The van der Waals surface area contributed by atoms with Gasteiger partial charge in [0.25, 0.3) is 0 Å². The normalized spacial score (nSPS) is 20.5. The minimum atomic E-state index is 0.491. The minimum absolute atomic E-state index is 0.491. The van der Waals surface area contributed by atoms with Crippen molar-refractivity contribution in [2.24, 2.45) is 0 Å². The number of likely N-dealkylation sites (N-methyl/N-ethyl adjacent to an activating group) is 1. The summed E-state index contributed by atoms with van der Waals surface area (Å²) in [6, 6.07) is 9.27. The average Bonchev–Trinajstić information content (AvgIpc) is 2.54. The molecule has 1 saturated heterocycles. The summed E-state index contributed by atoms with van der Waals surface area (Å²) in [5, 5.41) is 3.51. The first-order valence-electron chi connectivity index (χ1n) is 7.84. The molecule has 1 aliphatic rings. The Kier molecular flexibility index (Phi) is 6.49. The van der Waals surface area contributed by atoms with E-state index in [0.717, 1.165) is 44.9 Å². The second-order valence-corrected chi connectivity index (χ2v) is 5.86. The van der Waals surface area contributed by atoms with Gasteiger partial charge in [0.05, 0.1) is 20.3 Å². The van der Waals surface area contributed by atoms with Crippen molar-refractivity contribution in [2.45, 2.75) is 31.8 Å². The molecule has 0 amide bonds. The Bertz CT molecular complexity index is 419. The van der Waals surface area contributed by atoms with Crippen molar-refractivity contribution in [1.29, 1.82) is 0 Å². The summed E-state index contributed by atoms with van der Waals surface area (Å²) in [5.74, 6) is 0.986. The Balaban J connectivity index is 1.80. The molecule has 1 aromatic rings. The third kappa shape index (κ3) is 4.99. The largest absolute Gasteiger partial charge is 0.496 e. The van der Waals surface area contributed by atoms with Gasteiger partial charge < -0.3 is 19.7 Å². The highest BCUT2D eigenvalue weighted by molar-refractivity contribution is 5.33. The molecule has 4 nitrogen and oxygen atoms in total. The lowest BCUT2D eigenvalue weighted by atomic mass is 10.0. The zero-order valence-electron chi connectivity index (χ0n) is 13.5. The van der Waals surface area contributed by atoms with Crippen LogP contribution in [0.5, 0.6) is 5.75 Å². The lowest BCUT2D eigenvalue weighted by Gasteiger charge is -2.29. The molecule has 2 rings (SSSR count). The minimum Gasteiger partial charge on any atom is -0.496 e. The molecule has 1 aliphatic heterocycles. The SMILES string of the molecule is COc1ccccc1CC(C)N(C)CCC1COCCN1. The summed E-state index contributed by atoms with van der Waals surface area (Å²) < 4.78 is 10.9. The molecule has 2 unspecified atom stereocenters. The Morgan fingerprint density at radius 1 is 1.43 bits per heavy atom. The zero-order chi connectivity index (χ0) is 15.1. The summed E-state index contributed by atoms with van der Waals surface area (Å²) in [5.41, 5.74) is 1.28. The van der Waals surface area contributed by atoms with Gasteiger partial charge in [-0.25, -0.2) is 0 Å². The number of nitrogens with one attached hydrogen (secondary N) is 1. The van der Waals surface area contributed by atoms with Gasteiger partial charge in [0.15, 0.2) is 0 Å². The molecule has 1 fully saturated rings. The van der Waals surface area contributed by atoms with Crippen molar-refractivity contribution in [2.75, 3.05) is 40.5 Å². The molecule has 0 aromatic heterocycles. The van der Waals surface area contributed by atoms with Crippen LogP contribution in [0.15, 0.2) is 24.3 Å². The standard InChI is InChI=1S/C17H28N2O2/c1-14(12-15-6-4-5-7-17(15)20-3)19(2)10-8-16-13-21-11-9-18-16/h4-7,14,16,18H,8-13H2,1-3H3. The summed E-state index contributed by atoms with van der Waals surface area (Å²) in [6.45, 7) is 6.02. The van der Waals surface area contributed by atoms with Gasteiger partial charge >= 0.3 is 0 Å². The van der Waals surface area contributed by atoms with Crippen molar-refractivity contribution in [3.05, 3.63) is 29.8 Å². The van der Waals surface area contributed by atoms with E-state index in [1.807, 2.05) is 12.1 Å². The molecule has 0 bridgehead atoms. The number of benzene rings is 1. The number of rotatable bonds is 7. The second-order valence-electron chi connectivity index (χ2n) is 5.86. The number of para-hydroxylation sites is 1.